The Labute approximate surface area is 89.4 Å². The third kappa shape index (κ3) is 2.95. The molecule has 0 bridgehead atoms. The number of carbonyl (C=O) groups is 1. The zero-order valence-electron chi connectivity index (χ0n) is 8.02. The predicted octanol–water partition coefficient (Wildman–Crippen LogP) is -0.490. The van der Waals surface area contributed by atoms with Gasteiger partial charge in [0, 0.05) is 6.07 Å². The smallest absolute Gasteiger partial charge is 0.286 e. The lowest BCUT2D eigenvalue weighted by Crippen LogP contribution is -2.11. The fraction of sp³-hybridized carbons (Fsp3) is 0.111. The molecule has 0 spiro atoms. The molecule has 0 saturated heterocycles. The van der Waals surface area contributed by atoms with E-state index in [0.717, 1.165) is 12.3 Å². The number of pyridine rings is 1. The highest BCUT2D eigenvalue weighted by atomic mass is 16.6. The molecule has 0 aromatic carbocycles. The fourth-order valence-electron chi connectivity index (χ4n) is 0.897. The van der Waals surface area contributed by atoms with Crippen molar-refractivity contribution in [1.29, 1.82) is 0 Å². The molecule has 3 N–H and O–H groups in total. The van der Waals surface area contributed by atoms with Crippen molar-refractivity contribution in [2.75, 3.05) is 0 Å². The molecular formula is C9H7N3O4. The molecule has 1 amide bonds. The van der Waals surface area contributed by atoms with Crippen molar-refractivity contribution in [2.24, 2.45) is 5.73 Å². The van der Waals surface area contributed by atoms with Gasteiger partial charge < -0.3 is 10.7 Å². The molecule has 0 radical (unpaired) electrons. The highest BCUT2D eigenvalue weighted by Gasteiger charge is 2.07. The lowest BCUT2D eigenvalue weighted by molar-refractivity contribution is -0.385. The molecule has 1 heterocycles. The zero-order chi connectivity index (χ0) is 12.1. The Balaban J connectivity index is 3.06. The van der Waals surface area contributed by atoms with Crippen LogP contribution < -0.4 is 11.3 Å². The van der Waals surface area contributed by atoms with E-state index >= 15 is 0 Å². The number of aromatic nitrogens is 1. The van der Waals surface area contributed by atoms with Crippen LogP contribution in [0.4, 0.5) is 5.69 Å². The maximum atomic E-state index is 11.2. The molecule has 0 saturated carbocycles. The van der Waals surface area contributed by atoms with Gasteiger partial charge in [-0.05, 0) is 0 Å². The summed E-state index contributed by atoms with van der Waals surface area (Å²) in [5.74, 6) is 4.05. The molecule has 0 aliphatic rings. The number of nitro groups is 1. The van der Waals surface area contributed by atoms with Crippen LogP contribution in [0.15, 0.2) is 17.1 Å². The van der Waals surface area contributed by atoms with Gasteiger partial charge in [-0.15, -0.1) is 0 Å². The standard InChI is InChI=1S/C9H7N3O4/c10-8(13)3-1-2-6-4-7(12(15)16)5-11-9(6)14/h4-5H,3H2,(H2,10,13)(H,11,14). The van der Waals surface area contributed by atoms with Crippen LogP contribution in [0.3, 0.4) is 0 Å². The SMILES string of the molecule is NC(=O)CC#Cc1cc([N+](=O)[O-])c[nH]c1=O. The third-order valence-corrected chi connectivity index (χ3v) is 1.58. The van der Waals surface area contributed by atoms with Gasteiger partial charge in [0.2, 0.25) is 5.91 Å². The Morgan fingerprint density at radius 3 is 2.88 bits per heavy atom. The molecule has 1 rings (SSSR count). The van der Waals surface area contributed by atoms with Crippen molar-refractivity contribution in [3.63, 3.8) is 0 Å². The number of aromatic amines is 1. The minimum atomic E-state index is -0.658. The first-order valence-corrected chi connectivity index (χ1v) is 4.15. The molecule has 0 aliphatic heterocycles. The van der Waals surface area contributed by atoms with E-state index in [0.29, 0.717) is 0 Å². The minimum Gasteiger partial charge on any atom is -0.369 e. The second kappa shape index (κ2) is 4.75. The Kier molecular flexibility index (Phi) is 3.40. The van der Waals surface area contributed by atoms with Crippen molar-refractivity contribution in [3.05, 3.63) is 38.3 Å². The summed E-state index contributed by atoms with van der Waals surface area (Å²) in [7, 11) is 0. The summed E-state index contributed by atoms with van der Waals surface area (Å²) in [6, 6.07) is 1.03. The van der Waals surface area contributed by atoms with E-state index < -0.39 is 16.4 Å². The van der Waals surface area contributed by atoms with Gasteiger partial charge in [0.05, 0.1) is 23.1 Å². The van der Waals surface area contributed by atoms with Crippen LogP contribution in [0, 0.1) is 22.0 Å². The highest BCUT2D eigenvalue weighted by molar-refractivity contribution is 5.76. The second-order valence-corrected chi connectivity index (χ2v) is 2.80. The van der Waals surface area contributed by atoms with Crippen LogP contribution in [0.1, 0.15) is 12.0 Å². The van der Waals surface area contributed by atoms with Crippen LogP contribution in [0.5, 0.6) is 0 Å². The number of carbonyl (C=O) groups excluding carboxylic acids is 1. The Morgan fingerprint density at radius 2 is 2.31 bits per heavy atom. The number of H-pyrrole nitrogens is 1. The van der Waals surface area contributed by atoms with Gasteiger partial charge in [-0.3, -0.25) is 19.7 Å². The largest absolute Gasteiger partial charge is 0.369 e. The van der Waals surface area contributed by atoms with Gasteiger partial charge in [0.1, 0.15) is 0 Å². The van der Waals surface area contributed by atoms with Crippen molar-refractivity contribution in [3.8, 4) is 11.8 Å². The van der Waals surface area contributed by atoms with Crippen molar-refractivity contribution >= 4 is 11.6 Å². The fourth-order valence-corrected chi connectivity index (χ4v) is 0.897. The van der Waals surface area contributed by atoms with E-state index in [1.807, 2.05) is 0 Å². The quantitative estimate of drug-likeness (QED) is 0.397. The summed E-state index contributed by atoms with van der Waals surface area (Å²) in [6.07, 6.45) is 0.768. The first-order valence-electron chi connectivity index (χ1n) is 4.15. The summed E-state index contributed by atoms with van der Waals surface area (Å²) in [5.41, 5.74) is 3.94. The highest BCUT2D eigenvalue weighted by Crippen LogP contribution is 2.06. The lowest BCUT2D eigenvalue weighted by atomic mass is 10.2. The van der Waals surface area contributed by atoms with Crippen LogP contribution in [0.25, 0.3) is 0 Å². The van der Waals surface area contributed by atoms with E-state index in [2.05, 4.69) is 16.8 Å². The Morgan fingerprint density at radius 1 is 1.62 bits per heavy atom. The molecule has 7 heteroatoms. The first kappa shape index (κ1) is 11.5. The van der Waals surface area contributed by atoms with Crippen LogP contribution >= 0.6 is 0 Å². The van der Waals surface area contributed by atoms with E-state index in [4.69, 9.17) is 5.73 Å². The average Bonchev–Trinajstić information content (AvgIpc) is 2.20. The van der Waals surface area contributed by atoms with Gasteiger partial charge in [-0.2, -0.15) is 0 Å². The maximum Gasteiger partial charge on any atom is 0.286 e. The summed E-state index contributed by atoms with van der Waals surface area (Å²) < 4.78 is 0. The number of nitrogens with two attached hydrogens (primary N) is 1. The van der Waals surface area contributed by atoms with E-state index in [-0.39, 0.29) is 17.7 Å². The van der Waals surface area contributed by atoms with Gasteiger partial charge in [0.25, 0.3) is 11.2 Å². The number of hydrogen-bond acceptors (Lipinski definition) is 4. The molecule has 1 aromatic rings. The molecule has 82 valence electrons. The lowest BCUT2D eigenvalue weighted by Gasteiger charge is -1.91. The number of nitrogens with zero attached hydrogens (tertiary/aromatic N) is 1. The summed E-state index contributed by atoms with van der Waals surface area (Å²) in [6.45, 7) is 0. The van der Waals surface area contributed by atoms with Gasteiger partial charge >= 0.3 is 0 Å². The maximum absolute atomic E-state index is 11.2. The summed E-state index contributed by atoms with van der Waals surface area (Å²) >= 11 is 0. The van der Waals surface area contributed by atoms with Crippen LogP contribution in [-0.4, -0.2) is 15.8 Å². The van der Waals surface area contributed by atoms with E-state index in [1.165, 1.54) is 0 Å². The minimum absolute atomic E-state index is 0.0737. The molecule has 16 heavy (non-hydrogen) atoms. The van der Waals surface area contributed by atoms with Gasteiger partial charge in [-0.25, -0.2) is 0 Å². The van der Waals surface area contributed by atoms with Gasteiger partial charge in [0.15, 0.2) is 0 Å². The Bertz CT molecular complexity index is 550. The molecule has 0 aliphatic carbocycles. The monoisotopic (exact) mass is 221 g/mol. The third-order valence-electron chi connectivity index (χ3n) is 1.58. The predicted molar refractivity (Wildman–Crippen MR) is 54.4 cm³/mol. The summed E-state index contributed by atoms with van der Waals surface area (Å²) in [4.78, 5) is 33.5. The van der Waals surface area contributed by atoms with Crippen molar-refractivity contribution in [1.82, 2.24) is 4.98 Å². The number of hydrogen-bond donors (Lipinski definition) is 2. The molecule has 0 fully saturated rings. The summed E-state index contributed by atoms with van der Waals surface area (Å²) in [5, 5.41) is 10.4. The zero-order valence-corrected chi connectivity index (χ0v) is 8.02. The van der Waals surface area contributed by atoms with E-state index in [9.17, 15) is 19.7 Å². The van der Waals surface area contributed by atoms with Gasteiger partial charge in [-0.1, -0.05) is 11.8 Å². The number of amides is 1. The van der Waals surface area contributed by atoms with Crippen LogP contribution in [0.2, 0.25) is 0 Å². The average molecular weight is 221 g/mol. The number of rotatable bonds is 2. The number of primary amides is 1. The first-order chi connectivity index (χ1) is 7.50. The van der Waals surface area contributed by atoms with Crippen molar-refractivity contribution < 1.29 is 9.72 Å². The van der Waals surface area contributed by atoms with Crippen molar-refractivity contribution in [2.45, 2.75) is 6.42 Å². The molecule has 1 aromatic heterocycles. The van der Waals surface area contributed by atoms with E-state index in [1.54, 1.807) is 0 Å². The molecule has 0 unspecified atom stereocenters. The second-order valence-electron chi connectivity index (χ2n) is 2.80. The molecular weight excluding hydrogens is 214 g/mol. The molecule has 7 nitrogen and oxygen atoms in total. The molecule has 0 atom stereocenters. The Hall–Kier alpha value is -2.62. The topological polar surface area (TPSA) is 119 Å². The normalized spacial score (nSPS) is 9.00. The van der Waals surface area contributed by atoms with Crippen LogP contribution in [-0.2, 0) is 4.79 Å². The number of nitrogens with one attached hydrogen (secondary N) is 1.